The summed E-state index contributed by atoms with van der Waals surface area (Å²) in [6.45, 7) is 0.0589. The molecule has 4 rings (SSSR count). The van der Waals surface area contributed by atoms with Crippen LogP contribution in [0.1, 0.15) is 24.7 Å². The fourth-order valence-electron chi connectivity index (χ4n) is 3.85. The van der Waals surface area contributed by atoms with Crippen molar-refractivity contribution < 1.29 is 32.5 Å². The maximum atomic E-state index is 14.3. The molecule has 2 aromatic carbocycles. The van der Waals surface area contributed by atoms with Crippen LogP contribution in [0.15, 0.2) is 53.5 Å². The summed E-state index contributed by atoms with van der Waals surface area (Å²) in [6.07, 6.45) is -7.59. The molecule has 38 heavy (non-hydrogen) atoms. The van der Waals surface area contributed by atoms with Gasteiger partial charge < -0.3 is 14.9 Å². The predicted octanol–water partition coefficient (Wildman–Crippen LogP) is 3.72. The number of benzene rings is 2. The quantitative estimate of drug-likeness (QED) is 0.321. The van der Waals surface area contributed by atoms with Crippen LogP contribution in [0.5, 0.6) is 5.75 Å². The van der Waals surface area contributed by atoms with Crippen LogP contribution >= 0.6 is 11.6 Å². The highest BCUT2D eigenvalue weighted by atomic mass is 35.5. The molecule has 2 aromatic heterocycles. The summed E-state index contributed by atoms with van der Waals surface area (Å²) in [4.78, 5) is 17.4. The fraction of sp³-hybridized carbons (Fsp3) is 0.292. The van der Waals surface area contributed by atoms with Crippen LogP contribution in [0.2, 0.25) is 5.02 Å². The molecule has 2 N–H and O–H groups in total. The molecule has 202 valence electrons. The molecule has 0 aliphatic heterocycles. The van der Waals surface area contributed by atoms with E-state index in [1.165, 1.54) is 62.7 Å². The first-order valence-corrected chi connectivity index (χ1v) is 11.6. The molecule has 0 amide bonds. The average Bonchev–Trinajstić information content (AvgIpc) is 3.41. The zero-order valence-electron chi connectivity index (χ0n) is 20.0. The third-order valence-corrected chi connectivity index (χ3v) is 5.91. The van der Waals surface area contributed by atoms with Crippen LogP contribution in [0.25, 0.3) is 16.9 Å². The van der Waals surface area contributed by atoms with Crippen LogP contribution in [0, 0.1) is 5.82 Å². The van der Waals surface area contributed by atoms with Crippen LogP contribution < -0.4 is 10.4 Å². The van der Waals surface area contributed by atoms with E-state index in [-0.39, 0.29) is 35.3 Å². The highest BCUT2D eigenvalue weighted by Crippen LogP contribution is 2.29. The number of para-hydroxylation sites is 1. The van der Waals surface area contributed by atoms with E-state index in [1.807, 2.05) is 0 Å². The molecule has 0 unspecified atom stereocenters. The Kier molecular flexibility index (Phi) is 7.63. The summed E-state index contributed by atoms with van der Waals surface area (Å²) in [6, 6.07) is 10.1. The number of aromatic nitrogens is 5. The topological polar surface area (TPSA) is 107 Å². The molecular formula is C24H22ClF4N5O4. The van der Waals surface area contributed by atoms with Gasteiger partial charge in [-0.3, -0.25) is 9.13 Å². The van der Waals surface area contributed by atoms with Crippen molar-refractivity contribution in [2.75, 3.05) is 7.11 Å². The van der Waals surface area contributed by atoms with E-state index in [4.69, 9.17) is 16.3 Å². The van der Waals surface area contributed by atoms with Gasteiger partial charge in [0.1, 0.15) is 11.8 Å². The SMILES string of the molecule is COc1c(F)cccc1-n1nc(Cn2cc(-c3ccc(Cl)cc3)n(C[C@H](O)C(F)(F)F)c2=O)nc1[C@H](C)O. The van der Waals surface area contributed by atoms with E-state index >= 15 is 0 Å². The highest BCUT2D eigenvalue weighted by Gasteiger charge is 2.39. The van der Waals surface area contributed by atoms with Crippen LogP contribution in [-0.4, -0.2) is 53.5 Å². The second kappa shape index (κ2) is 10.6. The lowest BCUT2D eigenvalue weighted by Gasteiger charge is -2.16. The van der Waals surface area contributed by atoms with Gasteiger partial charge in [-0.2, -0.15) is 13.2 Å². The average molecular weight is 556 g/mol. The molecule has 0 saturated carbocycles. The van der Waals surface area contributed by atoms with Crippen molar-refractivity contribution in [2.24, 2.45) is 0 Å². The first kappa shape index (κ1) is 27.4. The number of halogens is 5. The van der Waals surface area contributed by atoms with E-state index in [9.17, 15) is 32.6 Å². The molecule has 2 heterocycles. The van der Waals surface area contributed by atoms with E-state index in [1.54, 1.807) is 0 Å². The Hall–Kier alpha value is -3.68. The van der Waals surface area contributed by atoms with Crippen molar-refractivity contribution >= 4 is 11.6 Å². The summed E-state index contributed by atoms with van der Waals surface area (Å²) in [5.41, 5.74) is -0.247. The normalized spacial score (nSPS) is 13.5. The number of hydrogen-bond donors (Lipinski definition) is 2. The van der Waals surface area contributed by atoms with Gasteiger partial charge in [-0.1, -0.05) is 29.8 Å². The van der Waals surface area contributed by atoms with Crippen LogP contribution in [-0.2, 0) is 13.1 Å². The molecule has 0 fully saturated rings. The van der Waals surface area contributed by atoms with Crippen molar-refractivity contribution in [2.45, 2.75) is 38.4 Å². The largest absolute Gasteiger partial charge is 0.492 e. The summed E-state index contributed by atoms with van der Waals surface area (Å²) in [7, 11) is 1.26. The second-order valence-corrected chi connectivity index (χ2v) is 8.80. The molecule has 2 atom stereocenters. The lowest BCUT2D eigenvalue weighted by Crippen LogP contribution is -2.37. The lowest BCUT2D eigenvalue weighted by molar-refractivity contribution is -0.207. The van der Waals surface area contributed by atoms with Crippen LogP contribution in [0.4, 0.5) is 17.6 Å². The summed E-state index contributed by atoms with van der Waals surface area (Å²) in [5, 5.41) is 24.6. The number of methoxy groups -OCH3 is 1. The molecule has 0 aliphatic carbocycles. The minimum Gasteiger partial charge on any atom is -0.492 e. The van der Waals surface area contributed by atoms with Gasteiger partial charge in [0.25, 0.3) is 0 Å². The minimum absolute atomic E-state index is 0.00508. The molecule has 14 heteroatoms. The van der Waals surface area contributed by atoms with Crippen LogP contribution in [0.3, 0.4) is 0 Å². The number of rotatable bonds is 8. The van der Waals surface area contributed by atoms with Crippen molar-refractivity contribution in [3.63, 3.8) is 0 Å². The number of alkyl halides is 3. The molecule has 0 spiro atoms. The summed E-state index contributed by atoms with van der Waals surface area (Å²) in [5.74, 6) is -0.810. The van der Waals surface area contributed by atoms with Crippen molar-refractivity contribution in [1.29, 1.82) is 0 Å². The van der Waals surface area contributed by atoms with Gasteiger partial charge in [-0.05, 0) is 36.8 Å². The smallest absolute Gasteiger partial charge is 0.416 e. The maximum absolute atomic E-state index is 14.3. The molecule has 0 bridgehead atoms. The van der Waals surface area contributed by atoms with Gasteiger partial charge in [-0.15, -0.1) is 5.10 Å². The van der Waals surface area contributed by atoms with Crippen molar-refractivity contribution in [3.05, 3.63) is 81.6 Å². The predicted molar refractivity (Wildman–Crippen MR) is 129 cm³/mol. The molecule has 0 radical (unpaired) electrons. The number of imidazole rings is 1. The molecule has 0 aliphatic rings. The number of aliphatic hydroxyl groups is 2. The molecule has 9 nitrogen and oxygen atoms in total. The summed E-state index contributed by atoms with van der Waals surface area (Å²) < 4.78 is 61.8. The monoisotopic (exact) mass is 555 g/mol. The minimum atomic E-state index is -4.95. The number of ether oxygens (including phenoxy) is 1. The molecule has 0 saturated heterocycles. The first-order chi connectivity index (χ1) is 17.9. The maximum Gasteiger partial charge on any atom is 0.416 e. The van der Waals surface area contributed by atoms with E-state index in [0.717, 1.165) is 13.8 Å². The Morgan fingerprint density at radius 2 is 1.82 bits per heavy atom. The third-order valence-electron chi connectivity index (χ3n) is 5.66. The summed E-state index contributed by atoms with van der Waals surface area (Å²) >= 11 is 5.92. The molecular weight excluding hydrogens is 534 g/mol. The van der Waals surface area contributed by atoms with Gasteiger partial charge in [0, 0.05) is 11.2 Å². The zero-order valence-corrected chi connectivity index (χ0v) is 20.8. The molecule has 4 aromatic rings. The van der Waals surface area contributed by atoms with Gasteiger partial charge in [0.05, 0.1) is 25.9 Å². The number of hydrogen-bond acceptors (Lipinski definition) is 6. The van der Waals surface area contributed by atoms with Gasteiger partial charge >= 0.3 is 11.9 Å². The van der Waals surface area contributed by atoms with E-state index < -0.39 is 36.4 Å². The van der Waals surface area contributed by atoms with E-state index in [2.05, 4.69) is 10.1 Å². The Bertz CT molecular complexity index is 1500. The Balaban J connectivity index is 1.79. The third kappa shape index (κ3) is 5.44. The Morgan fingerprint density at radius 3 is 2.42 bits per heavy atom. The van der Waals surface area contributed by atoms with Crippen molar-refractivity contribution in [3.8, 4) is 22.7 Å². The first-order valence-electron chi connectivity index (χ1n) is 11.2. The Labute approximate surface area is 218 Å². The fourth-order valence-corrected chi connectivity index (χ4v) is 3.98. The Morgan fingerprint density at radius 1 is 1.13 bits per heavy atom. The van der Waals surface area contributed by atoms with E-state index in [0.29, 0.717) is 10.6 Å². The zero-order chi connectivity index (χ0) is 27.8. The van der Waals surface area contributed by atoms with Gasteiger partial charge in [0.15, 0.2) is 29.3 Å². The number of aliphatic hydroxyl groups excluding tert-OH is 2. The van der Waals surface area contributed by atoms with Gasteiger partial charge in [-0.25, -0.2) is 18.9 Å². The standard InChI is InChI=1S/C24H22ClF4N5O4/c1-13(35)22-30-20(31-34(22)17-5-3-4-16(26)21(17)38-2)12-32-10-18(14-6-8-15(25)9-7-14)33(23(32)37)11-19(36)24(27,28)29/h3-10,13,19,35-36H,11-12H2,1-2H3/t13-,19-/m0/s1. The van der Waals surface area contributed by atoms with Gasteiger partial charge in [0.2, 0.25) is 0 Å². The van der Waals surface area contributed by atoms with Crippen molar-refractivity contribution in [1.82, 2.24) is 23.9 Å². The highest BCUT2D eigenvalue weighted by molar-refractivity contribution is 6.30. The lowest BCUT2D eigenvalue weighted by atomic mass is 10.1. The number of nitrogens with zero attached hydrogens (tertiary/aromatic N) is 5. The second-order valence-electron chi connectivity index (χ2n) is 8.37.